The quantitative estimate of drug-likeness (QED) is 0.0321. The monoisotopic (exact) mass is 1270 g/mol. The molecule has 10 aromatic rings. The number of nitrogens with zero attached hydrogens (tertiary/aromatic N) is 10. The van der Waals surface area contributed by atoms with Gasteiger partial charge in [0, 0.05) is 65.4 Å². The molecule has 0 aromatic heterocycles. The summed E-state index contributed by atoms with van der Waals surface area (Å²) in [5.74, 6) is 0. The molecule has 0 aliphatic heterocycles. The van der Waals surface area contributed by atoms with E-state index in [1.165, 1.54) is 5.56 Å². The van der Waals surface area contributed by atoms with Gasteiger partial charge in [-0.1, -0.05) is 115 Å². The van der Waals surface area contributed by atoms with Gasteiger partial charge >= 0.3 is 0 Å². The van der Waals surface area contributed by atoms with Gasteiger partial charge in [0.1, 0.15) is 0 Å². The molecule has 0 saturated carbocycles. The highest BCUT2D eigenvalue weighted by atomic mass is 15.1. The van der Waals surface area contributed by atoms with Crippen LogP contribution in [0.1, 0.15) is 83.5 Å². The molecule has 0 aliphatic rings. The van der Waals surface area contributed by atoms with Crippen molar-refractivity contribution in [3.05, 3.63) is 296 Å². The van der Waals surface area contributed by atoms with Crippen LogP contribution in [0.25, 0.3) is 0 Å². The fourth-order valence-corrected chi connectivity index (χ4v) is 9.02. The highest BCUT2D eigenvalue weighted by molar-refractivity contribution is 5.53. The van der Waals surface area contributed by atoms with Crippen LogP contribution in [0.15, 0.2) is 263 Å². The summed E-state index contributed by atoms with van der Waals surface area (Å²) in [5.41, 5.74) is 80.5. The predicted molar refractivity (Wildman–Crippen MR) is 388 cm³/mol. The lowest BCUT2D eigenvalue weighted by Gasteiger charge is -2.04. The Kier molecular flexibility index (Phi) is 31.1. The van der Waals surface area contributed by atoms with E-state index in [1.807, 2.05) is 247 Å². The van der Waals surface area contributed by atoms with Crippen molar-refractivity contribution in [3.8, 4) is 0 Å². The summed E-state index contributed by atoms with van der Waals surface area (Å²) in [6.45, 7) is 15.1. The second-order valence-electron chi connectivity index (χ2n) is 22.0. The Bertz CT molecular complexity index is 4180. The summed E-state index contributed by atoms with van der Waals surface area (Å²) in [7, 11) is 0. The van der Waals surface area contributed by atoms with Crippen molar-refractivity contribution >= 4 is 56.9 Å². The van der Waals surface area contributed by atoms with Crippen LogP contribution in [0.2, 0.25) is 0 Å². The summed E-state index contributed by atoms with van der Waals surface area (Å²) in [4.78, 5) is 0. The molecule has 490 valence electrons. The molecular weight excluding hydrogens is 1180 g/mol. The van der Waals surface area contributed by atoms with E-state index in [1.54, 1.807) is 0 Å². The van der Waals surface area contributed by atoms with E-state index >= 15 is 0 Å². The summed E-state index contributed by atoms with van der Waals surface area (Å²) in [5, 5.41) is 42.5. The lowest BCUT2D eigenvalue weighted by Crippen LogP contribution is -1.98. The van der Waals surface area contributed by atoms with Crippen LogP contribution in [0.3, 0.4) is 0 Å². The summed E-state index contributed by atoms with van der Waals surface area (Å²) in [6, 6.07) is 68.5. The van der Waals surface area contributed by atoms with Crippen molar-refractivity contribution in [3.63, 3.8) is 0 Å². The van der Waals surface area contributed by atoms with Crippen molar-refractivity contribution < 1.29 is 0 Å². The van der Waals surface area contributed by atoms with Crippen LogP contribution in [-0.2, 0) is 65.4 Å². The standard InChI is InChI=1S/5C15H18N4/c1-11-8-13(10-17)4-7-15(11)19-18-14-5-2-12(9-16)3-6-14;1-11-5-13(10-17)8-15(6-11)19-18-14-4-2-3-12(7-14)9-16;1-11-5-6-15(8-13(11)10-17)19-18-14-4-2-3-12(7-14)9-16;1-11-5-6-13(10-17)8-15(11)19-18-14-4-2-3-12(7-14)9-16;1-11-6-7-13(10-17)15(8-11)19-18-14-5-3-2-4-12(14)9-16/h5*2-8H,9-10,16-17H2,1H3. The molecule has 10 rings (SSSR count). The Balaban J connectivity index is 0.000000188. The van der Waals surface area contributed by atoms with Crippen molar-refractivity contribution in [2.24, 2.45) is 108 Å². The van der Waals surface area contributed by atoms with E-state index < -0.39 is 0 Å². The van der Waals surface area contributed by atoms with Crippen molar-refractivity contribution in [1.29, 1.82) is 0 Å². The number of aryl methyl sites for hydroxylation is 5. The average Bonchev–Trinajstić information content (AvgIpc) is 3.39. The summed E-state index contributed by atoms with van der Waals surface area (Å²) in [6.07, 6.45) is 0. The van der Waals surface area contributed by atoms with Gasteiger partial charge in [0.2, 0.25) is 0 Å². The molecule has 0 amide bonds. The zero-order valence-corrected chi connectivity index (χ0v) is 55.0. The van der Waals surface area contributed by atoms with Crippen LogP contribution in [-0.4, -0.2) is 0 Å². The molecule has 0 atom stereocenters. The first-order valence-corrected chi connectivity index (χ1v) is 31.2. The molecule has 20 heteroatoms. The summed E-state index contributed by atoms with van der Waals surface area (Å²) >= 11 is 0. The largest absolute Gasteiger partial charge is 0.326 e. The first kappa shape index (κ1) is 73.8. The Morgan fingerprint density at radius 2 is 0.621 bits per heavy atom. The molecule has 20 N–H and O–H groups in total. The smallest absolute Gasteiger partial charge is 0.0904 e. The zero-order chi connectivity index (χ0) is 68.3. The zero-order valence-electron chi connectivity index (χ0n) is 55.0. The minimum Gasteiger partial charge on any atom is -0.326 e. The van der Waals surface area contributed by atoms with E-state index in [0.29, 0.717) is 65.4 Å². The number of nitrogens with two attached hydrogens (primary N) is 10. The van der Waals surface area contributed by atoms with Crippen molar-refractivity contribution in [1.82, 2.24) is 0 Å². The van der Waals surface area contributed by atoms with Gasteiger partial charge in [0.15, 0.2) is 0 Å². The van der Waals surface area contributed by atoms with Crippen LogP contribution >= 0.6 is 0 Å². The topological polar surface area (TPSA) is 384 Å². The van der Waals surface area contributed by atoms with Gasteiger partial charge in [0.05, 0.1) is 56.9 Å². The van der Waals surface area contributed by atoms with Crippen LogP contribution in [0.4, 0.5) is 56.9 Å². The number of hydrogen-bond donors (Lipinski definition) is 10. The van der Waals surface area contributed by atoms with E-state index in [4.69, 9.17) is 57.3 Å². The van der Waals surface area contributed by atoms with Gasteiger partial charge in [-0.25, -0.2) is 0 Å². The minimum absolute atomic E-state index is 0.451. The van der Waals surface area contributed by atoms with E-state index in [-0.39, 0.29) is 0 Å². The molecular formula is C75H90N20. The minimum atomic E-state index is 0.451. The number of benzene rings is 10. The molecule has 0 unspecified atom stereocenters. The molecule has 0 spiro atoms. The third kappa shape index (κ3) is 25.0. The lowest BCUT2D eigenvalue weighted by atomic mass is 10.1. The fraction of sp³-hybridized carbons (Fsp3) is 0.200. The van der Waals surface area contributed by atoms with E-state index in [0.717, 1.165) is 135 Å². The predicted octanol–water partition coefficient (Wildman–Crippen LogP) is 16.6. The lowest BCUT2D eigenvalue weighted by molar-refractivity contribution is 1.03. The molecule has 95 heavy (non-hydrogen) atoms. The maximum atomic E-state index is 5.70. The highest BCUT2D eigenvalue weighted by Gasteiger charge is 2.06. The van der Waals surface area contributed by atoms with Gasteiger partial charge < -0.3 is 57.3 Å². The molecule has 10 aromatic carbocycles. The third-order valence-corrected chi connectivity index (χ3v) is 14.6. The normalized spacial score (nSPS) is 11.1. The number of rotatable bonds is 20. The fourth-order valence-electron chi connectivity index (χ4n) is 9.02. The number of azo groups is 5. The van der Waals surface area contributed by atoms with Gasteiger partial charge in [-0.15, -0.1) is 0 Å². The second-order valence-corrected chi connectivity index (χ2v) is 22.0. The molecule has 0 radical (unpaired) electrons. The Morgan fingerprint density at radius 3 is 1.18 bits per heavy atom. The maximum absolute atomic E-state index is 5.70. The Labute approximate surface area is 558 Å². The van der Waals surface area contributed by atoms with Gasteiger partial charge in [-0.05, 0) is 215 Å². The molecule has 0 saturated heterocycles. The van der Waals surface area contributed by atoms with Gasteiger partial charge in [-0.3, -0.25) is 0 Å². The Morgan fingerprint density at radius 1 is 0.200 bits per heavy atom. The van der Waals surface area contributed by atoms with Crippen LogP contribution in [0.5, 0.6) is 0 Å². The molecule has 0 bridgehead atoms. The van der Waals surface area contributed by atoms with Gasteiger partial charge in [-0.2, -0.15) is 51.1 Å². The third-order valence-electron chi connectivity index (χ3n) is 14.6. The molecule has 0 aliphatic carbocycles. The average molecular weight is 1270 g/mol. The van der Waals surface area contributed by atoms with E-state index in [2.05, 4.69) is 51.1 Å². The molecule has 0 heterocycles. The van der Waals surface area contributed by atoms with Gasteiger partial charge in [0.25, 0.3) is 0 Å². The van der Waals surface area contributed by atoms with Crippen LogP contribution in [0, 0.1) is 34.6 Å². The van der Waals surface area contributed by atoms with Crippen LogP contribution < -0.4 is 57.3 Å². The highest BCUT2D eigenvalue weighted by Crippen LogP contribution is 2.29. The van der Waals surface area contributed by atoms with Crippen molar-refractivity contribution in [2.45, 2.75) is 100 Å². The first-order valence-electron chi connectivity index (χ1n) is 31.2. The number of hydrogen-bond acceptors (Lipinski definition) is 20. The SMILES string of the molecule is Cc1cc(CN)cc(N=Nc2cccc(CN)c2)c1.Cc1cc(CN)ccc1N=Nc1ccc(CN)cc1.Cc1ccc(CN)c(N=Nc2ccccc2CN)c1.Cc1ccc(CN)cc1N=Nc1cccc(CN)c1.Cc1ccc(N=Nc2cccc(CN)c2)cc1CN. The molecule has 20 nitrogen and oxygen atoms in total. The maximum Gasteiger partial charge on any atom is 0.0904 e. The second kappa shape index (κ2) is 40.0. The Hall–Kier alpha value is -10.2. The molecule has 0 fully saturated rings. The first-order chi connectivity index (χ1) is 46.1. The van der Waals surface area contributed by atoms with E-state index in [9.17, 15) is 0 Å². The van der Waals surface area contributed by atoms with Crippen molar-refractivity contribution in [2.75, 3.05) is 0 Å². The summed E-state index contributed by atoms with van der Waals surface area (Å²) < 4.78 is 0.